The summed E-state index contributed by atoms with van der Waals surface area (Å²) < 4.78 is 5.27. The first-order chi connectivity index (χ1) is 12.6. The van der Waals surface area contributed by atoms with E-state index in [1.165, 1.54) is 12.0 Å². The van der Waals surface area contributed by atoms with Crippen LogP contribution >= 0.6 is 0 Å². The highest BCUT2D eigenvalue weighted by Crippen LogP contribution is 2.23. The molecule has 1 aliphatic heterocycles. The topological polar surface area (TPSA) is 87.1 Å². The summed E-state index contributed by atoms with van der Waals surface area (Å²) in [4.78, 5) is 15.1. The standard InChI is InChI=1S/C19H27N5O2/c1-12-16(13(2)26-23-12)11-24-9-5-6-14(10-24)20-19(25)18-15-7-3-4-8-17(15)21-22-18/h14H,3-11H2,1-2H3,(H,20,25)(H,21,22)/t14-/m0/s1. The molecule has 7 heteroatoms. The lowest BCUT2D eigenvalue weighted by Crippen LogP contribution is -2.47. The number of aryl methyl sites for hydroxylation is 3. The summed E-state index contributed by atoms with van der Waals surface area (Å²) in [5.41, 5.74) is 4.99. The molecule has 26 heavy (non-hydrogen) atoms. The molecule has 0 saturated carbocycles. The fourth-order valence-electron chi connectivity index (χ4n) is 4.19. The van der Waals surface area contributed by atoms with Crippen LogP contribution in [0, 0.1) is 13.8 Å². The van der Waals surface area contributed by atoms with Gasteiger partial charge < -0.3 is 9.84 Å². The van der Waals surface area contributed by atoms with E-state index < -0.39 is 0 Å². The van der Waals surface area contributed by atoms with Crippen LogP contribution in [0.15, 0.2) is 4.52 Å². The Balaban J connectivity index is 1.39. The van der Waals surface area contributed by atoms with Gasteiger partial charge in [-0.3, -0.25) is 14.8 Å². The molecule has 7 nitrogen and oxygen atoms in total. The maximum Gasteiger partial charge on any atom is 0.272 e. The average molecular weight is 357 g/mol. The van der Waals surface area contributed by atoms with Crippen LogP contribution in [0.1, 0.15) is 64.4 Å². The van der Waals surface area contributed by atoms with Crippen molar-refractivity contribution in [3.8, 4) is 0 Å². The average Bonchev–Trinajstić information content (AvgIpc) is 3.21. The number of carbonyl (C=O) groups is 1. The lowest BCUT2D eigenvalue weighted by atomic mass is 9.95. The molecule has 0 radical (unpaired) electrons. The Morgan fingerprint density at radius 3 is 2.96 bits per heavy atom. The zero-order valence-corrected chi connectivity index (χ0v) is 15.6. The van der Waals surface area contributed by atoms with Gasteiger partial charge in [0, 0.05) is 36.0 Å². The largest absolute Gasteiger partial charge is 0.361 e. The molecule has 2 N–H and O–H groups in total. The molecule has 140 valence electrons. The highest BCUT2D eigenvalue weighted by molar-refractivity contribution is 5.94. The first-order valence-corrected chi connectivity index (χ1v) is 9.63. The predicted molar refractivity (Wildman–Crippen MR) is 97.0 cm³/mol. The smallest absolute Gasteiger partial charge is 0.272 e. The van der Waals surface area contributed by atoms with Gasteiger partial charge in [-0.05, 0) is 58.9 Å². The van der Waals surface area contributed by atoms with E-state index in [0.717, 1.165) is 74.4 Å². The summed E-state index contributed by atoms with van der Waals surface area (Å²) >= 11 is 0. The third-order valence-corrected chi connectivity index (χ3v) is 5.68. The van der Waals surface area contributed by atoms with Gasteiger partial charge >= 0.3 is 0 Å². The second kappa shape index (κ2) is 7.23. The summed E-state index contributed by atoms with van der Waals surface area (Å²) in [6.45, 7) is 6.65. The molecule has 0 aromatic carbocycles. The summed E-state index contributed by atoms with van der Waals surface area (Å²) in [6.07, 6.45) is 6.36. The Hall–Kier alpha value is -2.15. The van der Waals surface area contributed by atoms with Crippen molar-refractivity contribution in [2.45, 2.75) is 65.0 Å². The van der Waals surface area contributed by atoms with Crippen molar-refractivity contribution in [2.24, 2.45) is 0 Å². The van der Waals surface area contributed by atoms with Gasteiger partial charge in [-0.25, -0.2) is 0 Å². The van der Waals surface area contributed by atoms with Crippen molar-refractivity contribution in [3.63, 3.8) is 0 Å². The second-order valence-corrected chi connectivity index (χ2v) is 7.59. The number of piperidine rings is 1. The third kappa shape index (κ3) is 3.40. The van der Waals surface area contributed by atoms with E-state index in [-0.39, 0.29) is 11.9 Å². The quantitative estimate of drug-likeness (QED) is 0.877. The number of aromatic amines is 1. The molecule has 1 saturated heterocycles. The number of amides is 1. The molecule has 0 unspecified atom stereocenters. The van der Waals surface area contributed by atoms with Crippen molar-refractivity contribution in [3.05, 3.63) is 34.0 Å². The Bertz CT molecular complexity index is 774. The summed E-state index contributed by atoms with van der Waals surface area (Å²) in [7, 11) is 0. The Kier molecular flexibility index (Phi) is 4.80. The lowest BCUT2D eigenvalue weighted by molar-refractivity contribution is 0.0894. The molecule has 1 fully saturated rings. The van der Waals surface area contributed by atoms with Gasteiger partial charge in [0.25, 0.3) is 5.91 Å². The normalized spacial score (nSPS) is 20.8. The SMILES string of the molecule is Cc1noc(C)c1CN1CCC[C@H](NC(=O)c2n[nH]c3c2CCCC3)C1. The van der Waals surface area contributed by atoms with E-state index in [2.05, 4.69) is 25.6 Å². The van der Waals surface area contributed by atoms with E-state index in [0.29, 0.717) is 5.69 Å². The zero-order valence-electron chi connectivity index (χ0n) is 15.6. The number of hydrogen-bond donors (Lipinski definition) is 2. The van der Waals surface area contributed by atoms with E-state index in [1.54, 1.807) is 0 Å². The molecule has 1 amide bonds. The van der Waals surface area contributed by atoms with Crippen LogP contribution in [-0.4, -0.2) is 45.3 Å². The molecule has 2 aromatic heterocycles. The van der Waals surface area contributed by atoms with Crippen molar-refractivity contribution in [2.75, 3.05) is 13.1 Å². The molecular weight excluding hydrogens is 330 g/mol. The van der Waals surface area contributed by atoms with E-state index in [9.17, 15) is 4.79 Å². The van der Waals surface area contributed by atoms with Crippen LogP contribution in [-0.2, 0) is 19.4 Å². The number of H-pyrrole nitrogens is 1. The van der Waals surface area contributed by atoms with Crippen LogP contribution in [0.5, 0.6) is 0 Å². The number of rotatable bonds is 4. The van der Waals surface area contributed by atoms with Gasteiger partial charge in [-0.2, -0.15) is 5.10 Å². The fourth-order valence-corrected chi connectivity index (χ4v) is 4.19. The number of nitrogens with zero attached hydrogens (tertiary/aromatic N) is 3. The van der Waals surface area contributed by atoms with Gasteiger partial charge in [0.2, 0.25) is 0 Å². The van der Waals surface area contributed by atoms with Crippen molar-refractivity contribution in [1.82, 2.24) is 25.6 Å². The van der Waals surface area contributed by atoms with Crippen molar-refractivity contribution >= 4 is 5.91 Å². The first-order valence-electron chi connectivity index (χ1n) is 9.63. The maximum atomic E-state index is 12.7. The van der Waals surface area contributed by atoms with Crippen molar-refractivity contribution < 1.29 is 9.32 Å². The molecule has 4 rings (SSSR count). The minimum absolute atomic E-state index is 0.0337. The van der Waals surface area contributed by atoms with E-state index in [4.69, 9.17) is 4.52 Å². The van der Waals surface area contributed by atoms with Gasteiger partial charge in [-0.15, -0.1) is 0 Å². The molecule has 0 spiro atoms. The van der Waals surface area contributed by atoms with Gasteiger partial charge in [0.05, 0.1) is 5.69 Å². The monoisotopic (exact) mass is 357 g/mol. The van der Waals surface area contributed by atoms with Gasteiger partial charge in [0.15, 0.2) is 5.69 Å². The fraction of sp³-hybridized carbons (Fsp3) is 0.632. The van der Waals surface area contributed by atoms with Crippen LogP contribution in [0.2, 0.25) is 0 Å². The summed E-state index contributed by atoms with van der Waals surface area (Å²) in [5, 5.41) is 14.6. The molecule has 1 atom stereocenters. The maximum absolute atomic E-state index is 12.7. The van der Waals surface area contributed by atoms with Crippen LogP contribution in [0.25, 0.3) is 0 Å². The third-order valence-electron chi connectivity index (χ3n) is 5.68. The van der Waals surface area contributed by atoms with Crippen LogP contribution in [0.3, 0.4) is 0 Å². The summed E-state index contributed by atoms with van der Waals surface area (Å²) in [5.74, 6) is 0.852. The van der Waals surface area contributed by atoms with Gasteiger partial charge in [-0.1, -0.05) is 5.16 Å². The molecular formula is C19H27N5O2. The Morgan fingerprint density at radius 1 is 1.31 bits per heavy atom. The highest BCUT2D eigenvalue weighted by Gasteiger charge is 2.27. The Morgan fingerprint density at radius 2 is 2.15 bits per heavy atom. The number of nitrogens with one attached hydrogen (secondary N) is 2. The Labute approximate surface area is 153 Å². The van der Waals surface area contributed by atoms with Gasteiger partial charge in [0.1, 0.15) is 5.76 Å². The minimum atomic E-state index is -0.0337. The number of aromatic nitrogens is 3. The molecule has 3 heterocycles. The van der Waals surface area contributed by atoms with Crippen LogP contribution < -0.4 is 5.32 Å². The molecule has 0 bridgehead atoms. The molecule has 2 aromatic rings. The van der Waals surface area contributed by atoms with E-state index in [1.807, 2.05) is 13.8 Å². The molecule has 1 aliphatic carbocycles. The predicted octanol–water partition coefficient (Wildman–Crippen LogP) is 2.29. The van der Waals surface area contributed by atoms with Crippen molar-refractivity contribution in [1.29, 1.82) is 0 Å². The highest BCUT2D eigenvalue weighted by atomic mass is 16.5. The summed E-state index contributed by atoms with van der Waals surface area (Å²) in [6, 6.07) is 0.160. The molecule has 2 aliphatic rings. The number of hydrogen-bond acceptors (Lipinski definition) is 5. The zero-order chi connectivity index (χ0) is 18.1. The van der Waals surface area contributed by atoms with Crippen LogP contribution in [0.4, 0.5) is 0 Å². The lowest BCUT2D eigenvalue weighted by Gasteiger charge is -2.33. The van der Waals surface area contributed by atoms with E-state index >= 15 is 0 Å². The number of fused-ring (bicyclic) bond motifs is 1. The second-order valence-electron chi connectivity index (χ2n) is 7.59. The first kappa shape index (κ1) is 17.3. The number of likely N-dealkylation sites (tertiary alicyclic amines) is 1. The number of carbonyl (C=O) groups excluding carboxylic acids is 1. The minimum Gasteiger partial charge on any atom is -0.361 e.